The first-order valence-corrected chi connectivity index (χ1v) is 20.0. The molecule has 2 heterocycles. The molecule has 0 N–H and O–H groups in total. The van der Waals surface area contributed by atoms with Crippen molar-refractivity contribution in [2.24, 2.45) is 0 Å². The molecule has 11 aromatic rings. The summed E-state index contributed by atoms with van der Waals surface area (Å²) in [6, 6.07) is 77.6. The van der Waals surface area contributed by atoms with Gasteiger partial charge in [-0.05, 0) is 92.0 Å². The Labute approximate surface area is 330 Å². The lowest BCUT2D eigenvalue weighted by Crippen LogP contribution is -1.94. The van der Waals surface area contributed by atoms with Gasteiger partial charge in [-0.1, -0.05) is 176 Å². The second kappa shape index (κ2) is 13.4. The summed E-state index contributed by atoms with van der Waals surface area (Å²) < 4.78 is 5.10. The topological polar surface area (TPSA) is 4.93 Å². The number of aromatic nitrogens is 1. The second-order valence-electron chi connectivity index (χ2n) is 14.5. The van der Waals surface area contributed by atoms with Gasteiger partial charge < -0.3 is 4.57 Å². The van der Waals surface area contributed by atoms with Crippen LogP contribution in [0.4, 0.5) is 0 Å². The first-order chi connectivity index (χ1) is 27.7. The van der Waals surface area contributed by atoms with Gasteiger partial charge in [-0.15, -0.1) is 11.3 Å². The van der Waals surface area contributed by atoms with Crippen LogP contribution in [0.2, 0.25) is 0 Å². The van der Waals surface area contributed by atoms with Crippen LogP contribution in [-0.4, -0.2) is 4.57 Å². The van der Waals surface area contributed by atoms with E-state index in [4.69, 9.17) is 0 Å². The number of fused-ring (bicyclic) bond motifs is 6. The molecule has 0 spiro atoms. The van der Waals surface area contributed by atoms with E-state index in [-0.39, 0.29) is 0 Å². The van der Waals surface area contributed by atoms with E-state index >= 15 is 0 Å². The molecule has 0 radical (unpaired) electrons. The molecule has 0 aliphatic rings. The van der Waals surface area contributed by atoms with Gasteiger partial charge in [0.25, 0.3) is 0 Å². The van der Waals surface area contributed by atoms with E-state index in [1.54, 1.807) is 0 Å². The van der Waals surface area contributed by atoms with Gasteiger partial charge in [0, 0.05) is 36.6 Å². The largest absolute Gasteiger partial charge is 0.309 e. The third kappa shape index (κ3) is 5.54. The summed E-state index contributed by atoms with van der Waals surface area (Å²) in [6.07, 6.45) is 0. The summed E-state index contributed by atoms with van der Waals surface area (Å²) in [6.45, 7) is 0. The van der Waals surface area contributed by atoms with Crippen molar-refractivity contribution in [3.63, 3.8) is 0 Å². The highest BCUT2D eigenvalue weighted by Gasteiger charge is 2.16. The summed E-state index contributed by atoms with van der Waals surface area (Å²) in [5, 5.41) is 5.19. The van der Waals surface area contributed by atoms with Gasteiger partial charge in [-0.2, -0.15) is 0 Å². The fourth-order valence-electron chi connectivity index (χ4n) is 8.43. The zero-order valence-electron chi connectivity index (χ0n) is 30.6. The third-order valence-corrected chi connectivity index (χ3v) is 12.4. The fourth-order valence-corrected chi connectivity index (χ4v) is 9.56. The molecule has 0 aliphatic carbocycles. The highest BCUT2D eigenvalue weighted by atomic mass is 32.1. The summed E-state index contributed by atoms with van der Waals surface area (Å²) in [5.74, 6) is 0. The maximum Gasteiger partial charge on any atom is 0.0547 e. The zero-order valence-corrected chi connectivity index (χ0v) is 31.4. The van der Waals surface area contributed by atoms with Crippen molar-refractivity contribution >= 4 is 53.3 Å². The van der Waals surface area contributed by atoms with Crippen molar-refractivity contribution in [2.45, 2.75) is 0 Å². The van der Waals surface area contributed by atoms with Crippen molar-refractivity contribution < 1.29 is 0 Å². The number of nitrogens with zero attached hydrogens (tertiary/aromatic N) is 1. The van der Waals surface area contributed by atoms with Gasteiger partial charge in [0.15, 0.2) is 0 Å². The molecule has 0 saturated carbocycles. The van der Waals surface area contributed by atoms with Gasteiger partial charge in [-0.25, -0.2) is 0 Å². The van der Waals surface area contributed by atoms with Crippen molar-refractivity contribution in [3.8, 4) is 61.3 Å². The molecule has 0 atom stereocenters. The van der Waals surface area contributed by atoms with Crippen LogP contribution in [0, 0.1) is 0 Å². The molecule has 2 aromatic heterocycles. The number of thiophene rings is 1. The minimum atomic E-state index is 1.15. The van der Waals surface area contributed by atoms with Crippen LogP contribution in [0.3, 0.4) is 0 Å². The van der Waals surface area contributed by atoms with E-state index in [1.165, 1.54) is 97.6 Å². The first kappa shape index (κ1) is 32.4. The lowest BCUT2D eigenvalue weighted by molar-refractivity contribution is 1.18. The van der Waals surface area contributed by atoms with E-state index < -0.39 is 0 Å². The Kier molecular flexibility index (Phi) is 7.75. The molecule has 0 saturated heterocycles. The first-order valence-electron chi connectivity index (χ1n) is 19.2. The van der Waals surface area contributed by atoms with E-state index in [2.05, 4.69) is 217 Å². The molecule has 0 bridgehead atoms. The van der Waals surface area contributed by atoms with Crippen molar-refractivity contribution in [3.05, 3.63) is 212 Å². The zero-order chi connectivity index (χ0) is 37.0. The Bertz CT molecular complexity index is 3090. The highest BCUT2D eigenvalue weighted by Crippen LogP contribution is 2.41. The van der Waals surface area contributed by atoms with E-state index in [0.29, 0.717) is 0 Å². The Morgan fingerprint density at radius 3 is 1.27 bits per heavy atom. The van der Waals surface area contributed by atoms with Crippen LogP contribution >= 0.6 is 11.3 Å². The van der Waals surface area contributed by atoms with Crippen molar-refractivity contribution in [1.29, 1.82) is 0 Å². The van der Waals surface area contributed by atoms with Gasteiger partial charge in [-0.3, -0.25) is 0 Å². The van der Waals surface area contributed by atoms with Crippen molar-refractivity contribution in [1.82, 2.24) is 4.57 Å². The van der Waals surface area contributed by atoms with Crippen LogP contribution in [-0.2, 0) is 0 Å². The standard InChI is InChI=1S/C54H35NS/c1-3-10-36(11-4-1)43-28-32-47-48-33-29-44(37-12-5-2-6-13-37)35-51(48)55(50(47)34-43)45-30-26-41(27-31-45)39-20-18-38(19-21-39)40-22-24-42(25-23-40)46-15-9-17-53-54(46)49-14-7-8-16-52(49)56-53/h1-35H. The monoisotopic (exact) mass is 729 g/mol. The van der Waals surface area contributed by atoms with Gasteiger partial charge in [0.05, 0.1) is 11.0 Å². The lowest BCUT2D eigenvalue weighted by atomic mass is 9.96. The van der Waals surface area contributed by atoms with Crippen LogP contribution < -0.4 is 0 Å². The number of rotatable bonds is 6. The Balaban J connectivity index is 0.928. The highest BCUT2D eigenvalue weighted by molar-refractivity contribution is 7.25. The molecule has 1 nitrogen and oxygen atoms in total. The Morgan fingerprint density at radius 1 is 0.286 bits per heavy atom. The van der Waals surface area contributed by atoms with Crippen LogP contribution in [0.15, 0.2) is 212 Å². The Hall–Kier alpha value is -7.00. The van der Waals surface area contributed by atoms with Gasteiger partial charge in [0.1, 0.15) is 0 Å². The summed E-state index contributed by atoms with van der Waals surface area (Å²) in [4.78, 5) is 0. The maximum absolute atomic E-state index is 2.43. The number of benzene rings is 9. The molecule has 56 heavy (non-hydrogen) atoms. The summed E-state index contributed by atoms with van der Waals surface area (Å²) >= 11 is 1.87. The number of hydrogen-bond donors (Lipinski definition) is 0. The van der Waals surface area contributed by atoms with E-state index in [1.807, 2.05) is 11.3 Å². The average Bonchev–Trinajstić information content (AvgIpc) is 3.82. The van der Waals surface area contributed by atoms with Crippen LogP contribution in [0.1, 0.15) is 0 Å². The smallest absolute Gasteiger partial charge is 0.0547 e. The number of hydrogen-bond acceptors (Lipinski definition) is 1. The van der Waals surface area contributed by atoms with Crippen LogP contribution in [0.5, 0.6) is 0 Å². The molecule has 0 unspecified atom stereocenters. The molecule has 0 fully saturated rings. The molecular weight excluding hydrogens is 695 g/mol. The summed E-state index contributed by atoms with van der Waals surface area (Å²) in [5.41, 5.74) is 15.8. The summed E-state index contributed by atoms with van der Waals surface area (Å²) in [7, 11) is 0. The predicted molar refractivity (Wildman–Crippen MR) is 241 cm³/mol. The molecular formula is C54H35NS. The fraction of sp³-hybridized carbons (Fsp3) is 0. The second-order valence-corrected chi connectivity index (χ2v) is 15.6. The van der Waals surface area contributed by atoms with Gasteiger partial charge in [0.2, 0.25) is 0 Å². The van der Waals surface area contributed by atoms with Crippen molar-refractivity contribution in [2.75, 3.05) is 0 Å². The SMILES string of the molecule is c1ccc(-c2ccc3c4ccc(-c5ccccc5)cc4n(-c4ccc(-c5ccc(-c6ccc(-c7cccc8sc9ccccc9c78)cc6)cc5)cc4)c3c2)cc1. The average molecular weight is 730 g/mol. The third-order valence-electron chi connectivity index (χ3n) is 11.3. The van der Waals surface area contributed by atoms with E-state index in [9.17, 15) is 0 Å². The van der Waals surface area contributed by atoms with Crippen LogP contribution in [0.25, 0.3) is 103 Å². The van der Waals surface area contributed by atoms with Gasteiger partial charge >= 0.3 is 0 Å². The Morgan fingerprint density at radius 2 is 0.714 bits per heavy atom. The molecule has 0 aliphatic heterocycles. The predicted octanol–water partition coefficient (Wildman–Crippen LogP) is 15.5. The normalized spacial score (nSPS) is 11.6. The van der Waals surface area contributed by atoms with E-state index in [0.717, 1.165) is 5.69 Å². The maximum atomic E-state index is 2.43. The lowest BCUT2D eigenvalue weighted by Gasteiger charge is -2.12. The molecule has 0 amide bonds. The molecule has 9 aromatic carbocycles. The molecule has 11 rings (SSSR count). The minimum absolute atomic E-state index is 1.15. The molecule has 2 heteroatoms. The molecule has 262 valence electrons. The quantitative estimate of drug-likeness (QED) is 0.161. The minimum Gasteiger partial charge on any atom is -0.309 e.